The van der Waals surface area contributed by atoms with Gasteiger partial charge in [-0.1, -0.05) is 6.07 Å². The van der Waals surface area contributed by atoms with Gasteiger partial charge in [0.15, 0.2) is 17.4 Å². The van der Waals surface area contributed by atoms with Crippen LogP contribution in [0.25, 0.3) is 5.69 Å². The topological polar surface area (TPSA) is 39.1 Å². The van der Waals surface area contributed by atoms with Gasteiger partial charge in [-0.15, -0.1) is 0 Å². The normalized spacial score (nSPS) is 12.2. The monoisotopic (exact) mass is 375 g/mol. The second-order valence-electron chi connectivity index (χ2n) is 6.26. The molecule has 0 bridgehead atoms. The smallest absolute Gasteiger partial charge is 0.165 e. The molecule has 0 saturated heterocycles. The van der Waals surface area contributed by atoms with Crippen molar-refractivity contribution in [1.82, 2.24) is 15.1 Å². The number of nitrogens with zero attached hydrogens (tertiary/aromatic N) is 2. The minimum absolute atomic E-state index is 0.0849. The molecule has 1 N–H and O–H groups in total. The van der Waals surface area contributed by atoms with Gasteiger partial charge >= 0.3 is 0 Å². The quantitative estimate of drug-likeness (QED) is 0.692. The molecule has 0 radical (unpaired) electrons. The van der Waals surface area contributed by atoms with Gasteiger partial charge in [-0.05, 0) is 43.7 Å². The summed E-state index contributed by atoms with van der Waals surface area (Å²) in [6.45, 7) is 4.27. The van der Waals surface area contributed by atoms with Crippen LogP contribution in [0.5, 0.6) is 5.75 Å². The lowest BCUT2D eigenvalue weighted by atomic mass is 10.1. The first kappa shape index (κ1) is 19.0. The van der Waals surface area contributed by atoms with Crippen LogP contribution in [0.4, 0.5) is 13.2 Å². The van der Waals surface area contributed by atoms with Crippen LogP contribution < -0.4 is 10.1 Å². The van der Waals surface area contributed by atoms with Crippen LogP contribution in [0.3, 0.4) is 0 Å². The Labute approximate surface area is 155 Å². The van der Waals surface area contributed by atoms with E-state index in [-0.39, 0.29) is 17.5 Å². The molecule has 0 aliphatic carbocycles. The van der Waals surface area contributed by atoms with Gasteiger partial charge in [0, 0.05) is 29.9 Å². The van der Waals surface area contributed by atoms with Crippen LogP contribution in [0.2, 0.25) is 0 Å². The largest absolute Gasteiger partial charge is 0.494 e. The molecule has 27 heavy (non-hydrogen) atoms. The van der Waals surface area contributed by atoms with E-state index >= 15 is 0 Å². The van der Waals surface area contributed by atoms with Crippen molar-refractivity contribution in [3.05, 3.63) is 76.9 Å². The first-order chi connectivity index (χ1) is 12.9. The number of aromatic nitrogens is 2. The molecule has 7 heteroatoms. The molecular weight excluding hydrogens is 355 g/mol. The van der Waals surface area contributed by atoms with Crippen LogP contribution in [0, 0.1) is 24.4 Å². The first-order valence-corrected chi connectivity index (χ1v) is 8.46. The molecule has 0 aliphatic rings. The van der Waals surface area contributed by atoms with E-state index in [1.807, 2.05) is 13.8 Å². The average Bonchev–Trinajstić information content (AvgIpc) is 3.02. The zero-order valence-corrected chi connectivity index (χ0v) is 15.3. The van der Waals surface area contributed by atoms with Crippen LogP contribution in [-0.4, -0.2) is 16.9 Å². The summed E-state index contributed by atoms with van der Waals surface area (Å²) >= 11 is 0. The second-order valence-corrected chi connectivity index (χ2v) is 6.26. The van der Waals surface area contributed by atoms with E-state index in [0.717, 1.165) is 22.9 Å². The number of hydrogen-bond donors (Lipinski definition) is 1. The molecule has 2 aromatic carbocycles. The third-order valence-corrected chi connectivity index (χ3v) is 4.48. The predicted octanol–water partition coefficient (Wildman–Crippen LogP) is 4.46. The highest BCUT2D eigenvalue weighted by molar-refractivity contribution is 5.37. The minimum Gasteiger partial charge on any atom is -0.494 e. The Hall–Kier alpha value is -2.80. The zero-order chi connectivity index (χ0) is 19.6. The SMILES string of the molecule is COc1cc(CN[C@@H](C)c2cnn(-c3ccc(F)cc3F)c2C)ccc1F. The maximum Gasteiger partial charge on any atom is 0.165 e. The summed E-state index contributed by atoms with van der Waals surface area (Å²) in [7, 11) is 1.42. The van der Waals surface area contributed by atoms with Crippen molar-refractivity contribution >= 4 is 0 Å². The number of ether oxygens (including phenoxy) is 1. The highest BCUT2D eigenvalue weighted by atomic mass is 19.1. The Bertz CT molecular complexity index is 956. The van der Waals surface area contributed by atoms with Crippen LogP contribution in [-0.2, 0) is 6.54 Å². The van der Waals surface area contributed by atoms with E-state index in [2.05, 4.69) is 10.4 Å². The molecule has 3 aromatic rings. The minimum atomic E-state index is -0.674. The van der Waals surface area contributed by atoms with Gasteiger partial charge < -0.3 is 10.1 Å². The molecule has 0 amide bonds. The Balaban J connectivity index is 1.76. The van der Waals surface area contributed by atoms with E-state index in [9.17, 15) is 13.2 Å². The number of benzene rings is 2. The standard InChI is InChI=1S/C20H20F3N3O/c1-12(24-10-14-4-6-17(22)20(8-14)27-3)16-11-25-26(13(16)2)19-7-5-15(21)9-18(19)23/h4-9,11-12,24H,10H2,1-3H3/t12-/m0/s1. The molecule has 0 fully saturated rings. The maximum atomic E-state index is 14.0. The van der Waals surface area contributed by atoms with Crippen LogP contribution in [0.15, 0.2) is 42.6 Å². The molecule has 142 valence electrons. The summed E-state index contributed by atoms with van der Waals surface area (Å²) in [5.74, 6) is -1.52. The van der Waals surface area contributed by atoms with Crippen molar-refractivity contribution in [2.24, 2.45) is 0 Å². The van der Waals surface area contributed by atoms with Crippen molar-refractivity contribution in [1.29, 1.82) is 0 Å². The van der Waals surface area contributed by atoms with Crippen molar-refractivity contribution in [2.45, 2.75) is 26.4 Å². The lowest BCUT2D eigenvalue weighted by molar-refractivity contribution is 0.385. The number of hydrogen-bond acceptors (Lipinski definition) is 3. The number of nitrogens with one attached hydrogen (secondary N) is 1. The lowest BCUT2D eigenvalue weighted by Crippen LogP contribution is -2.18. The Morgan fingerprint density at radius 1 is 1.11 bits per heavy atom. The fraction of sp³-hybridized carbons (Fsp3) is 0.250. The van der Waals surface area contributed by atoms with Gasteiger partial charge in [-0.2, -0.15) is 5.10 Å². The predicted molar refractivity (Wildman–Crippen MR) is 96.4 cm³/mol. The zero-order valence-electron chi connectivity index (χ0n) is 15.3. The fourth-order valence-electron chi connectivity index (χ4n) is 2.94. The Morgan fingerprint density at radius 2 is 1.89 bits per heavy atom. The van der Waals surface area contributed by atoms with E-state index < -0.39 is 17.5 Å². The summed E-state index contributed by atoms with van der Waals surface area (Å²) in [6.07, 6.45) is 1.65. The lowest BCUT2D eigenvalue weighted by Gasteiger charge is -2.15. The summed E-state index contributed by atoms with van der Waals surface area (Å²) in [5.41, 5.74) is 2.69. The Morgan fingerprint density at radius 3 is 2.59 bits per heavy atom. The highest BCUT2D eigenvalue weighted by Gasteiger charge is 2.16. The van der Waals surface area contributed by atoms with Crippen molar-refractivity contribution in [2.75, 3.05) is 7.11 Å². The summed E-state index contributed by atoms with van der Waals surface area (Å²) in [4.78, 5) is 0. The van der Waals surface area contributed by atoms with Gasteiger partial charge in [-0.25, -0.2) is 17.9 Å². The van der Waals surface area contributed by atoms with E-state index in [1.165, 1.54) is 30.0 Å². The number of rotatable bonds is 6. The number of halogens is 3. The molecule has 3 rings (SSSR count). The van der Waals surface area contributed by atoms with Crippen molar-refractivity contribution in [3.63, 3.8) is 0 Å². The van der Waals surface area contributed by atoms with E-state index in [0.29, 0.717) is 6.54 Å². The van der Waals surface area contributed by atoms with Crippen LogP contribution >= 0.6 is 0 Å². The third-order valence-electron chi connectivity index (χ3n) is 4.48. The van der Waals surface area contributed by atoms with Gasteiger partial charge in [0.2, 0.25) is 0 Å². The van der Waals surface area contributed by atoms with E-state index in [1.54, 1.807) is 18.3 Å². The Kier molecular flexibility index (Phi) is 5.51. The van der Waals surface area contributed by atoms with Gasteiger partial charge in [0.05, 0.1) is 13.3 Å². The molecule has 0 saturated carbocycles. The van der Waals surface area contributed by atoms with Crippen molar-refractivity contribution in [3.8, 4) is 11.4 Å². The third kappa shape index (κ3) is 3.98. The maximum absolute atomic E-state index is 14.0. The first-order valence-electron chi connectivity index (χ1n) is 8.46. The molecule has 1 heterocycles. The fourth-order valence-corrected chi connectivity index (χ4v) is 2.94. The van der Waals surface area contributed by atoms with Crippen LogP contribution in [0.1, 0.15) is 29.8 Å². The molecule has 1 atom stereocenters. The van der Waals surface area contributed by atoms with E-state index in [4.69, 9.17) is 4.74 Å². The summed E-state index contributed by atoms with van der Waals surface area (Å²) in [6, 6.07) is 7.99. The van der Waals surface area contributed by atoms with Gasteiger partial charge in [0.25, 0.3) is 0 Å². The summed E-state index contributed by atoms with van der Waals surface area (Å²) in [5, 5.41) is 7.57. The molecular formula is C20H20F3N3O. The molecule has 4 nitrogen and oxygen atoms in total. The molecule has 0 aliphatic heterocycles. The van der Waals surface area contributed by atoms with Gasteiger partial charge in [0.1, 0.15) is 11.5 Å². The molecule has 0 unspecified atom stereocenters. The average molecular weight is 375 g/mol. The molecule has 0 spiro atoms. The molecule has 1 aromatic heterocycles. The van der Waals surface area contributed by atoms with Gasteiger partial charge in [-0.3, -0.25) is 0 Å². The second kappa shape index (κ2) is 7.84. The highest BCUT2D eigenvalue weighted by Crippen LogP contribution is 2.23. The number of methoxy groups -OCH3 is 1. The van der Waals surface area contributed by atoms with Crippen molar-refractivity contribution < 1.29 is 17.9 Å². The summed E-state index contributed by atoms with van der Waals surface area (Å²) < 4.78 is 47.1.